The van der Waals surface area contributed by atoms with Crippen molar-refractivity contribution in [3.63, 3.8) is 0 Å². The average Bonchev–Trinajstić information content (AvgIpc) is 3.33. The van der Waals surface area contributed by atoms with Crippen LogP contribution in [-0.2, 0) is 0 Å². The van der Waals surface area contributed by atoms with Crippen LogP contribution >= 0.6 is 0 Å². The van der Waals surface area contributed by atoms with E-state index in [2.05, 4.69) is 10.2 Å². The molecule has 2 fully saturated rings. The normalized spacial score (nSPS) is 26.0. The van der Waals surface area contributed by atoms with Gasteiger partial charge in [-0.15, -0.1) is 0 Å². The van der Waals surface area contributed by atoms with Crippen LogP contribution in [0.3, 0.4) is 0 Å². The van der Waals surface area contributed by atoms with Gasteiger partial charge >= 0.3 is 0 Å². The molecule has 160 valence electrons. The molecule has 2 amide bonds. The van der Waals surface area contributed by atoms with Crippen LogP contribution in [0.25, 0.3) is 0 Å². The highest BCUT2D eigenvalue weighted by atomic mass is 16.3. The number of likely N-dealkylation sites (tertiary alicyclic amines) is 1. The number of rotatable bonds is 4. The lowest BCUT2D eigenvalue weighted by atomic mass is 9.77. The number of benzene rings is 1. The zero-order valence-corrected chi connectivity index (χ0v) is 17.7. The third-order valence-electron chi connectivity index (χ3n) is 6.41. The van der Waals surface area contributed by atoms with Crippen molar-refractivity contribution < 1.29 is 19.1 Å². The van der Waals surface area contributed by atoms with Gasteiger partial charge in [0, 0.05) is 30.4 Å². The van der Waals surface area contributed by atoms with E-state index in [1.54, 1.807) is 43.3 Å². The summed E-state index contributed by atoms with van der Waals surface area (Å²) in [6.45, 7) is 3.21. The summed E-state index contributed by atoms with van der Waals surface area (Å²) in [7, 11) is 4.00. The van der Waals surface area contributed by atoms with E-state index < -0.39 is 0 Å². The summed E-state index contributed by atoms with van der Waals surface area (Å²) >= 11 is 0. The second-order valence-electron chi connectivity index (χ2n) is 8.74. The molecule has 30 heavy (non-hydrogen) atoms. The third kappa shape index (κ3) is 4.13. The van der Waals surface area contributed by atoms with Crippen molar-refractivity contribution in [2.75, 3.05) is 32.5 Å². The zero-order chi connectivity index (χ0) is 21.4. The summed E-state index contributed by atoms with van der Waals surface area (Å²) in [5.74, 6) is 1.40. The SMILES string of the molecule is Cc1ccc(C(=O)Nc2ccc(C(=O)N3C[C@H]4C[C@@H](N(C)C)[C@H](O)C[C@H]4C3)cc2)o1. The second-order valence-corrected chi connectivity index (χ2v) is 8.74. The highest BCUT2D eigenvalue weighted by Gasteiger charge is 2.43. The molecule has 4 rings (SSSR count). The van der Waals surface area contributed by atoms with Crippen LogP contribution in [-0.4, -0.2) is 66.1 Å². The number of carbonyl (C=O) groups excluding carboxylic acids is 2. The van der Waals surface area contributed by atoms with E-state index in [1.807, 2.05) is 19.0 Å². The summed E-state index contributed by atoms with van der Waals surface area (Å²) < 4.78 is 5.33. The maximum Gasteiger partial charge on any atom is 0.291 e. The van der Waals surface area contributed by atoms with Gasteiger partial charge in [-0.1, -0.05) is 0 Å². The summed E-state index contributed by atoms with van der Waals surface area (Å²) in [5.41, 5.74) is 1.21. The average molecular weight is 412 g/mol. The Morgan fingerprint density at radius 3 is 2.33 bits per heavy atom. The lowest BCUT2D eigenvalue weighted by Gasteiger charge is -2.38. The zero-order valence-electron chi connectivity index (χ0n) is 17.7. The molecular weight excluding hydrogens is 382 g/mol. The highest BCUT2D eigenvalue weighted by Crippen LogP contribution is 2.38. The van der Waals surface area contributed by atoms with E-state index in [1.165, 1.54) is 0 Å². The fourth-order valence-electron chi connectivity index (χ4n) is 4.76. The van der Waals surface area contributed by atoms with E-state index >= 15 is 0 Å². The molecule has 1 aromatic heterocycles. The van der Waals surface area contributed by atoms with Gasteiger partial charge in [-0.3, -0.25) is 9.59 Å². The fourth-order valence-corrected chi connectivity index (χ4v) is 4.76. The Kier molecular flexibility index (Phi) is 5.66. The van der Waals surface area contributed by atoms with Gasteiger partial charge in [0.2, 0.25) is 0 Å². The summed E-state index contributed by atoms with van der Waals surface area (Å²) in [6, 6.07) is 10.5. The van der Waals surface area contributed by atoms with E-state index in [9.17, 15) is 14.7 Å². The molecule has 0 bridgehead atoms. The molecule has 0 radical (unpaired) electrons. The standard InChI is InChI=1S/C23H29N3O4/c1-14-4-9-21(30-14)22(28)24-18-7-5-15(6-8-18)23(29)26-12-16-10-19(25(2)3)20(27)11-17(16)13-26/h4-9,16-17,19-20,27H,10-13H2,1-3H3,(H,24,28)/t16-,17+,19-,20-/m1/s1. The topological polar surface area (TPSA) is 86.0 Å². The maximum absolute atomic E-state index is 13.0. The van der Waals surface area contributed by atoms with Gasteiger partial charge in [0.1, 0.15) is 5.76 Å². The highest BCUT2D eigenvalue weighted by molar-refractivity contribution is 6.02. The number of carbonyl (C=O) groups is 2. The predicted molar refractivity (Wildman–Crippen MR) is 113 cm³/mol. The number of aryl methyl sites for hydroxylation is 1. The van der Waals surface area contributed by atoms with Gasteiger partial charge in [0.25, 0.3) is 11.8 Å². The van der Waals surface area contributed by atoms with Crippen molar-refractivity contribution in [1.29, 1.82) is 0 Å². The number of hydrogen-bond donors (Lipinski definition) is 2. The monoisotopic (exact) mass is 411 g/mol. The minimum Gasteiger partial charge on any atom is -0.456 e. The molecule has 0 spiro atoms. The molecular formula is C23H29N3O4. The molecule has 1 saturated heterocycles. The van der Waals surface area contributed by atoms with Crippen molar-refractivity contribution in [3.05, 3.63) is 53.5 Å². The first-order valence-electron chi connectivity index (χ1n) is 10.4. The number of anilines is 1. The first kappa shape index (κ1) is 20.6. The molecule has 1 aliphatic carbocycles. The third-order valence-corrected chi connectivity index (χ3v) is 6.41. The van der Waals surface area contributed by atoms with E-state index in [-0.39, 0.29) is 29.7 Å². The van der Waals surface area contributed by atoms with Gasteiger partial charge in [-0.2, -0.15) is 0 Å². The summed E-state index contributed by atoms with van der Waals surface area (Å²) in [6.07, 6.45) is 1.33. The van der Waals surface area contributed by atoms with Crippen LogP contribution in [0.2, 0.25) is 0 Å². The lowest BCUT2D eigenvalue weighted by molar-refractivity contribution is 0.00940. The first-order chi connectivity index (χ1) is 14.3. The largest absolute Gasteiger partial charge is 0.456 e. The number of furan rings is 1. The number of nitrogens with one attached hydrogen (secondary N) is 1. The van der Waals surface area contributed by atoms with Gasteiger partial charge in [0.05, 0.1) is 6.10 Å². The van der Waals surface area contributed by atoms with Gasteiger partial charge in [-0.25, -0.2) is 0 Å². The number of amides is 2. The summed E-state index contributed by atoms with van der Waals surface area (Å²) in [4.78, 5) is 29.2. The number of aliphatic hydroxyl groups excluding tert-OH is 1. The Morgan fingerprint density at radius 1 is 1.07 bits per heavy atom. The minimum atomic E-state index is -0.336. The molecule has 1 aromatic carbocycles. The van der Waals surface area contributed by atoms with Crippen LogP contribution in [0.1, 0.15) is 39.5 Å². The van der Waals surface area contributed by atoms with Crippen molar-refractivity contribution in [2.24, 2.45) is 11.8 Å². The molecule has 2 N–H and O–H groups in total. The number of fused-ring (bicyclic) bond motifs is 1. The maximum atomic E-state index is 13.0. The molecule has 2 aromatic rings. The van der Waals surface area contributed by atoms with Gasteiger partial charge in [-0.05, 0) is 82.1 Å². The fraction of sp³-hybridized carbons (Fsp3) is 0.478. The number of nitrogens with zero attached hydrogens (tertiary/aromatic N) is 2. The number of hydrogen-bond acceptors (Lipinski definition) is 5. The number of likely N-dealkylation sites (N-methyl/N-ethyl adjacent to an activating group) is 1. The van der Waals surface area contributed by atoms with Gasteiger partial charge in [0.15, 0.2) is 5.76 Å². The number of aliphatic hydroxyl groups is 1. The Hall–Kier alpha value is -2.64. The molecule has 7 nitrogen and oxygen atoms in total. The van der Waals surface area contributed by atoms with Crippen LogP contribution in [0.5, 0.6) is 0 Å². The molecule has 2 heterocycles. The Balaban J connectivity index is 1.38. The van der Waals surface area contributed by atoms with E-state index in [0.717, 1.165) is 19.4 Å². The molecule has 0 unspecified atom stereocenters. The second kappa shape index (κ2) is 8.24. The van der Waals surface area contributed by atoms with E-state index in [4.69, 9.17) is 4.42 Å². The first-order valence-corrected chi connectivity index (χ1v) is 10.4. The van der Waals surface area contributed by atoms with Gasteiger partial charge < -0.3 is 24.6 Å². The van der Waals surface area contributed by atoms with Crippen LogP contribution < -0.4 is 5.32 Å². The smallest absolute Gasteiger partial charge is 0.291 e. The van der Waals surface area contributed by atoms with Crippen molar-refractivity contribution in [2.45, 2.75) is 31.9 Å². The Morgan fingerprint density at radius 2 is 1.73 bits per heavy atom. The molecule has 7 heteroatoms. The van der Waals surface area contributed by atoms with E-state index in [0.29, 0.717) is 35.4 Å². The molecule has 1 aliphatic heterocycles. The van der Waals surface area contributed by atoms with Crippen LogP contribution in [0, 0.1) is 18.8 Å². The molecule has 2 aliphatic rings. The molecule has 4 atom stereocenters. The van der Waals surface area contributed by atoms with Crippen LogP contribution in [0.4, 0.5) is 5.69 Å². The molecule has 1 saturated carbocycles. The van der Waals surface area contributed by atoms with Crippen molar-refractivity contribution in [3.8, 4) is 0 Å². The predicted octanol–water partition coefficient (Wildman–Crippen LogP) is 2.61. The quantitative estimate of drug-likeness (QED) is 0.808. The van der Waals surface area contributed by atoms with Crippen molar-refractivity contribution in [1.82, 2.24) is 9.80 Å². The van der Waals surface area contributed by atoms with Crippen LogP contribution in [0.15, 0.2) is 40.8 Å². The van der Waals surface area contributed by atoms with Crippen molar-refractivity contribution >= 4 is 17.5 Å². The minimum absolute atomic E-state index is 0.000159. The summed E-state index contributed by atoms with van der Waals surface area (Å²) in [5, 5.41) is 13.2. The Bertz CT molecular complexity index is 921. The Labute approximate surface area is 176 Å². The lowest BCUT2D eigenvalue weighted by Crippen LogP contribution is -2.46.